The standard InChI is InChI=1S/C21H18F2N2O/c1-12-8-20(14-3-6-17(22)18(23)11-14)25-19-7-2-13(9-16(12)19)10-21(26)24-15-4-5-15/h2-3,6-9,11,15H,4-5,10H2,1H3,(H,24,26). The van der Waals surface area contributed by atoms with Gasteiger partial charge in [0, 0.05) is 17.0 Å². The van der Waals surface area contributed by atoms with E-state index in [4.69, 9.17) is 0 Å². The summed E-state index contributed by atoms with van der Waals surface area (Å²) in [4.78, 5) is 16.6. The molecule has 1 aromatic heterocycles. The fourth-order valence-corrected chi connectivity index (χ4v) is 3.05. The van der Waals surface area contributed by atoms with Crippen LogP contribution in [0.1, 0.15) is 24.0 Å². The van der Waals surface area contributed by atoms with Gasteiger partial charge in [-0.1, -0.05) is 6.07 Å². The van der Waals surface area contributed by atoms with E-state index in [-0.39, 0.29) is 5.91 Å². The van der Waals surface area contributed by atoms with E-state index < -0.39 is 11.6 Å². The quantitative estimate of drug-likeness (QED) is 0.760. The second-order valence-electron chi connectivity index (χ2n) is 6.82. The van der Waals surface area contributed by atoms with Crippen molar-refractivity contribution in [1.82, 2.24) is 10.3 Å². The number of hydrogen-bond acceptors (Lipinski definition) is 2. The Kier molecular flexibility index (Phi) is 4.15. The molecule has 3 aromatic rings. The lowest BCUT2D eigenvalue weighted by molar-refractivity contribution is -0.120. The Balaban J connectivity index is 1.65. The van der Waals surface area contributed by atoms with E-state index in [1.165, 1.54) is 6.07 Å². The fraction of sp³-hybridized carbons (Fsp3) is 0.238. The zero-order valence-corrected chi connectivity index (χ0v) is 14.4. The third-order valence-electron chi connectivity index (χ3n) is 4.60. The van der Waals surface area contributed by atoms with E-state index in [2.05, 4.69) is 10.3 Å². The monoisotopic (exact) mass is 352 g/mol. The lowest BCUT2D eigenvalue weighted by Gasteiger charge is -2.09. The second kappa shape index (κ2) is 6.48. The molecule has 1 amide bonds. The summed E-state index contributed by atoms with van der Waals surface area (Å²) >= 11 is 0. The van der Waals surface area contributed by atoms with Crippen LogP contribution in [0.3, 0.4) is 0 Å². The number of amides is 1. The van der Waals surface area contributed by atoms with Crippen LogP contribution in [0.15, 0.2) is 42.5 Å². The van der Waals surface area contributed by atoms with Crippen LogP contribution in [-0.4, -0.2) is 16.9 Å². The van der Waals surface area contributed by atoms with Gasteiger partial charge in [-0.15, -0.1) is 0 Å². The fourth-order valence-electron chi connectivity index (χ4n) is 3.05. The Morgan fingerprint density at radius 1 is 1.12 bits per heavy atom. The smallest absolute Gasteiger partial charge is 0.224 e. The average molecular weight is 352 g/mol. The van der Waals surface area contributed by atoms with Gasteiger partial charge >= 0.3 is 0 Å². The number of nitrogens with one attached hydrogen (secondary N) is 1. The number of fused-ring (bicyclic) bond motifs is 1. The Hall–Kier alpha value is -2.82. The number of carbonyl (C=O) groups is 1. The normalized spacial score (nSPS) is 13.8. The topological polar surface area (TPSA) is 42.0 Å². The molecule has 0 unspecified atom stereocenters. The Morgan fingerprint density at radius 2 is 1.92 bits per heavy atom. The summed E-state index contributed by atoms with van der Waals surface area (Å²) in [5.74, 6) is -1.73. The van der Waals surface area contributed by atoms with E-state index in [0.717, 1.165) is 47.0 Å². The van der Waals surface area contributed by atoms with Crippen molar-refractivity contribution in [3.8, 4) is 11.3 Å². The molecule has 0 spiro atoms. The van der Waals surface area contributed by atoms with E-state index in [1.54, 1.807) is 0 Å². The number of hydrogen-bond donors (Lipinski definition) is 1. The molecule has 0 bridgehead atoms. The average Bonchev–Trinajstić information content (AvgIpc) is 3.41. The molecule has 1 fully saturated rings. The SMILES string of the molecule is Cc1cc(-c2ccc(F)c(F)c2)nc2ccc(CC(=O)NC3CC3)cc12. The van der Waals surface area contributed by atoms with Crippen LogP contribution in [-0.2, 0) is 11.2 Å². The van der Waals surface area contributed by atoms with E-state index in [0.29, 0.717) is 23.7 Å². The van der Waals surface area contributed by atoms with Crippen molar-refractivity contribution in [2.75, 3.05) is 0 Å². The van der Waals surface area contributed by atoms with Crippen LogP contribution in [0.2, 0.25) is 0 Å². The largest absolute Gasteiger partial charge is 0.353 e. The molecule has 132 valence electrons. The maximum absolute atomic E-state index is 13.5. The molecule has 5 heteroatoms. The van der Waals surface area contributed by atoms with Crippen molar-refractivity contribution in [3.05, 3.63) is 65.2 Å². The molecule has 1 saturated carbocycles. The summed E-state index contributed by atoms with van der Waals surface area (Å²) in [5, 5.41) is 3.94. The molecule has 1 aliphatic carbocycles. The number of rotatable bonds is 4. The van der Waals surface area contributed by atoms with Gasteiger partial charge in [0.1, 0.15) is 0 Å². The predicted molar refractivity (Wildman–Crippen MR) is 96.7 cm³/mol. The maximum atomic E-state index is 13.5. The molecule has 3 nitrogen and oxygen atoms in total. The predicted octanol–water partition coefficient (Wildman–Crippen LogP) is 4.31. The van der Waals surface area contributed by atoms with Gasteiger partial charge < -0.3 is 5.32 Å². The minimum absolute atomic E-state index is 0.0378. The zero-order valence-electron chi connectivity index (χ0n) is 14.4. The zero-order chi connectivity index (χ0) is 18.3. The van der Waals surface area contributed by atoms with Crippen molar-refractivity contribution in [1.29, 1.82) is 0 Å². The van der Waals surface area contributed by atoms with Gasteiger partial charge in [-0.2, -0.15) is 0 Å². The van der Waals surface area contributed by atoms with Crippen LogP contribution in [0.5, 0.6) is 0 Å². The highest BCUT2D eigenvalue weighted by Gasteiger charge is 2.23. The van der Waals surface area contributed by atoms with Gasteiger partial charge in [0.05, 0.1) is 17.6 Å². The van der Waals surface area contributed by atoms with Crippen molar-refractivity contribution in [2.45, 2.75) is 32.2 Å². The second-order valence-corrected chi connectivity index (χ2v) is 6.82. The highest BCUT2D eigenvalue weighted by molar-refractivity contribution is 5.87. The molecule has 2 aromatic carbocycles. The number of halogens is 2. The van der Waals surface area contributed by atoms with Crippen molar-refractivity contribution >= 4 is 16.8 Å². The lowest BCUT2D eigenvalue weighted by Crippen LogP contribution is -2.26. The van der Waals surface area contributed by atoms with Crippen molar-refractivity contribution < 1.29 is 13.6 Å². The van der Waals surface area contributed by atoms with Gasteiger partial charge in [0.15, 0.2) is 11.6 Å². The van der Waals surface area contributed by atoms with E-state index in [1.807, 2.05) is 31.2 Å². The van der Waals surface area contributed by atoms with Crippen LogP contribution in [0.25, 0.3) is 22.2 Å². The number of aromatic nitrogens is 1. The highest BCUT2D eigenvalue weighted by Crippen LogP contribution is 2.26. The van der Waals surface area contributed by atoms with Gasteiger partial charge in [-0.3, -0.25) is 4.79 Å². The van der Waals surface area contributed by atoms with Gasteiger partial charge in [-0.25, -0.2) is 13.8 Å². The van der Waals surface area contributed by atoms with Gasteiger partial charge in [0.25, 0.3) is 0 Å². The molecular weight excluding hydrogens is 334 g/mol. The molecule has 1 heterocycles. The first kappa shape index (κ1) is 16.6. The Bertz CT molecular complexity index is 1010. The van der Waals surface area contributed by atoms with Crippen molar-refractivity contribution in [3.63, 3.8) is 0 Å². The van der Waals surface area contributed by atoms with E-state index in [9.17, 15) is 13.6 Å². The summed E-state index contributed by atoms with van der Waals surface area (Å²) in [5.41, 5.74) is 3.78. The highest BCUT2D eigenvalue weighted by atomic mass is 19.2. The van der Waals surface area contributed by atoms with E-state index >= 15 is 0 Å². The van der Waals surface area contributed by atoms with Gasteiger partial charge in [0.2, 0.25) is 5.91 Å². The van der Waals surface area contributed by atoms with Crippen LogP contribution in [0.4, 0.5) is 8.78 Å². The van der Waals surface area contributed by atoms with Crippen LogP contribution in [0, 0.1) is 18.6 Å². The first-order valence-electron chi connectivity index (χ1n) is 8.64. The number of carbonyl (C=O) groups excluding carboxylic acids is 1. The molecule has 0 saturated heterocycles. The summed E-state index contributed by atoms with van der Waals surface area (Å²) in [6, 6.07) is 11.7. The summed E-state index contributed by atoms with van der Waals surface area (Å²) < 4.78 is 26.7. The number of benzene rings is 2. The minimum Gasteiger partial charge on any atom is -0.353 e. The van der Waals surface area contributed by atoms with Gasteiger partial charge in [-0.05, 0) is 67.3 Å². The first-order chi connectivity index (χ1) is 12.5. The molecule has 0 atom stereocenters. The summed E-state index contributed by atoms with van der Waals surface area (Å²) in [6.07, 6.45) is 2.48. The van der Waals surface area contributed by atoms with Crippen LogP contribution < -0.4 is 5.32 Å². The number of pyridine rings is 1. The third kappa shape index (κ3) is 3.43. The first-order valence-corrected chi connectivity index (χ1v) is 8.64. The Morgan fingerprint density at radius 3 is 2.65 bits per heavy atom. The van der Waals surface area contributed by atoms with Crippen molar-refractivity contribution in [2.24, 2.45) is 0 Å². The maximum Gasteiger partial charge on any atom is 0.224 e. The molecular formula is C21H18F2N2O. The lowest BCUT2D eigenvalue weighted by atomic mass is 10.0. The number of aryl methyl sites for hydroxylation is 1. The summed E-state index contributed by atoms with van der Waals surface area (Å²) in [7, 11) is 0. The summed E-state index contributed by atoms with van der Waals surface area (Å²) in [6.45, 7) is 1.95. The minimum atomic E-state index is -0.890. The van der Waals surface area contributed by atoms with Crippen LogP contribution >= 0.6 is 0 Å². The molecule has 26 heavy (non-hydrogen) atoms. The third-order valence-corrected chi connectivity index (χ3v) is 4.60. The molecule has 0 aliphatic heterocycles. The molecule has 0 radical (unpaired) electrons. The molecule has 1 N–H and O–H groups in total. The molecule has 4 rings (SSSR count). The molecule has 1 aliphatic rings. The Labute approximate surface area is 150 Å². The number of nitrogens with zero attached hydrogens (tertiary/aromatic N) is 1.